The summed E-state index contributed by atoms with van der Waals surface area (Å²) in [7, 11) is 0. The van der Waals surface area contributed by atoms with Crippen molar-refractivity contribution >= 4 is 5.91 Å². The fraction of sp³-hybridized carbons (Fsp3) is 0.886. The van der Waals surface area contributed by atoms with Crippen LogP contribution in [0.25, 0.3) is 0 Å². The Hall–Kier alpha value is -1.37. The maximum atomic E-state index is 13.0. The molecule has 1 saturated heterocycles. The number of rotatable bonds is 36. The van der Waals surface area contributed by atoms with Crippen molar-refractivity contribution in [2.45, 2.75) is 236 Å². The molecule has 8 atom stereocenters. The molecule has 1 aliphatic heterocycles. The van der Waals surface area contributed by atoms with Gasteiger partial charge < -0.3 is 45.4 Å². The molecule has 8 unspecified atom stereocenters. The molecule has 1 aliphatic rings. The Morgan fingerprint density at radius 1 is 0.630 bits per heavy atom. The third kappa shape index (κ3) is 25.0. The maximum Gasteiger partial charge on any atom is 0.249 e. The lowest BCUT2D eigenvalue weighted by atomic mass is 9.99. The minimum atomic E-state index is -1.61. The summed E-state index contributed by atoms with van der Waals surface area (Å²) < 4.78 is 11.1. The first kappa shape index (κ1) is 50.6. The third-order valence-electron chi connectivity index (χ3n) is 10.6. The van der Waals surface area contributed by atoms with Crippen LogP contribution in [0.3, 0.4) is 0 Å². The zero-order valence-electron chi connectivity index (χ0n) is 34.3. The monoisotopic (exact) mass is 770 g/mol. The van der Waals surface area contributed by atoms with E-state index in [1.54, 1.807) is 6.08 Å². The van der Waals surface area contributed by atoms with Crippen LogP contribution in [0.15, 0.2) is 24.3 Å². The van der Waals surface area contributed by atoms with Crippen LogP contribution in [-0.4, -0.2) is 98.7 Å². The van der Waals surface area contributed by atoms with Crippen LogP contribution in [0.5, 0.6) is 0 Å². The Labute approximate surface area is 329 Å². The van der Waals surface area contributed by atoms with Crippen molar-refractivity contribution in [3.63, 3.8) is 0 Å². The van der Waals surface area contributed by atoms with Gasteiger partial charge >= 0.3 is 0 Å². The van der Waals surface area contributed by atoms with Gasteiger partial charge in [0, 0.05) is 0 Å². The van der Waals surface area contributed by atoms with Gasteiger partial charge in [-0.2, -0.15) is 0 Å². The molecule has 7 N–H and O–H groups in total. The normalized spacial score (nSPS) is 22.3. The van der Waals surface area contributed by atoms with Gasteiger partial charge in [0.25, 0.3) is 0 Å². The van der Waals surface area contributed by atoms with E-state index in [1.807, 2.05) is 6.08 Å². The van der Waals surface area contributed by atoms with Crippen LogP contribution in [0.2, 0.25) is 0 Å². The van der Waals surface area contributed by atoms with Crippen molar-refractivity contribution in [2.75, 3.05) is 13.2 Å². The predicted octanol–water partition coefficient (Wildman–Crippen LogP) is 7.69. The summed E-state index contributed by atoms with van der Waals surface area (Å²) >= 11 is 0. The molecular weight excluding hydrogens is 686 g/mol. The molecule has 0 aromatic rings. The molecule has 0 radical (unpaired) electrons. The zero-order chi connectivity index (χ0) is 39.7. The van der Waals surface area contributed by atoms with E-state index in [9.17, 15) is 35.4 Å². The number of aliphatic hydroxyl groups excluding tert-OH is 6. The number of unbranched alkanes of at least 4 members (excludes halogenated alkanes) is 23. The molecule has 0 aromatic carbocycles. The Balaban J connectivity index is 2.46. The summed E-state index contributed by atoms with van der Waals surface area (Å²) in [6.45, 7) is 3.58. The molecule has 1 fully saturated rings. The van der Waals surface area contributed by atoms with Crippen molar-refractivity contribution in [1.82, 2.24) is 5.32 Å². The van der Waals surface area contributed by atoms with Crippen molar-refractivity contribution in [1.29, 1.82) is 0 Å². The molecule has 318 valence electrons. The molecule has 0 aromatic heterocycles. The van der Waals surface area contributed by atoms with Crippen LogP contribution in [0.1, 0.15) is 187 Å². The van der Waals surface area contributed by atoms with Crippen molar-refractivity contribution in [2.24, 2.45) is 0 Å². The highest BCUT2D eigenvalue weighted by Crippen LogP contribution is 2.22. The lowest BCUT2D eigenvalue weighted by Gasteiger charge is -2.40. The summed E-state index contributed by atoms with van der Waals surface area (Å²) in [6, 6.07) is -0.979. The molecule has 0 aliphatic carbocycles. The average Bonchev–Trinajstić information content (AvgIpc) is 3.17. The van der Waals surface area contributed by atoms with Gasteiger partial charge in [-0.25, -0.2) is 0 Å². The first-order chi connectivity index (χ1) is 26.3. The standard InChI is InChI=1S/C44H83NO9/c1-3-5-7-9-11-13-15-17-19-21-22-24-26-28-30-32-37(47)36(35-53-44-42(51)41(50)40(49)39(34-46)54-44)45-43(52)38(48)33-31-29-27-25-23-20-18-16-14-12-10-8-6-4-2/h14,16,30,32,36-42,44,46-51H,3-13,15,17-29,31,33-35H2,1-2H3,(H,45,52)/b16-14-,32-30+. The number of nitrogens with one attached hydrogen (secondary N) is 1. The molecule has 1 rings (SSSR count). The van der Waals surface area contributed by atoms with Gasteiger partial charge in [-0.1, -0.05) is 167 Å². The maximum absolute atomic E-state index is 13.0. The number of amides is 1. The molecule has 0 spiro atoms. The van der Waals surface area contributed by atoms with E-state index in [4.69, 9.17) is 9.47 Å². The quantitative estimate of drug-likeness (QED) is 0.0250. The lowest BCUT2D eigenvalue weighted by molar-refractivity contribution is -0.302. The van der Waals surface area contributed by atoms with Crippen LogP contribution in [-0.2, 0) is 14.3 Å². The summed E-state index contributed by atoms with van der Waals surface area (Å²) in [5, 5.41) is 64.5. The number of hydrogen-bond acceptors (Lipinski definition) is 9. The average molecular weight is 770 g/mol. The first-order valence-corrected chi connectivity index (χ1v) is 22.2. The number of carbonyl (C=O) groups excluding carboxylic acids is 1. The largest absolute Gasteiger partial charge is 0.394 e. The van der Waals surface area contributed by atoms with Gasteiger partial charge in [0.1, 0.15) is 30.5 Å². The SMILES string of the molecule is CCCCCC/C=C\CCCCCCCCC(O)C(=O)NC(COC1OC(CO)C(O)C(O)C1O)C(O)/C=C/CCCCCCCCCCCCCCC. The number of aliphatic hydroxyl groups is 6. The fourth-order valence-corrected chi connectivity index (χ4v) is 6.92. The van der Waals surface area contributed by atoms with E-state index in [0.717, 1.165) is 44.9 Å². The van der Waals surface area contributed by atoms with E-state index in [-0.39, 0.29) is 6.61 Å². The lowest BCUT2D eigenvalue weighted by Crippen LogP contribution is -2.60. The summed E-state index contributed by atoms with van der Waals surface area (Å²) in [6.07, 6.45) is 29.7. The zero-order valence-corrected chi connectivity index (χ0v) is 34.3. The van der Waals surface area contributed by atoms with Crippen molar-refractivity contribution in [3.8, 4) is 0 Å². The van der Waals surface area contributed by atoms with E-state index in [2.05, 4.69) is 31.3 Å². The number of ether oxygens (including phenoxy) is 2. The van der Waals surface area contributed by atoms with Crippen LogP contribution in [0, 0.1) is 0 Å². The predicted molar refractivity (Wildman–Crippen MR) is 218 cm³/mol. The van der Waals surface area contributed by atoms with Gasteiger partial charge in [0.2, 0.25) is 5.91 Å². The van der Waals surface area contributed by atoms with Crippen LogP contribution < -0.4 is 5.32 Å². The second-order valence-corrected chi connectivity index (χ2v) is 15.6. The second-order valence-electron chi connectivity index (χ2n) is 15.6. The molecular formula is C44H83NO9. The smallest absolute Gasteiger partial charge is 0.249 e. The Morgan fingerprint density at radius 2 is 1.07 bits per heavy atom. The Bertz CT molecular complexity index is 916. The number of allylic oxidation sites excluding steroid dienone is 3. The van der Waals surface area contributed by atoms with E-state index in [0.29, 0.717) is 12.8 Å². The van der Waals surface area contributed by atoms with Gasteiger partial charge in [0.05, 0.1) is 25.4 Å². The third-order valence-corrected chi connectivity index (χ3v) is 10.6. The highest BCUT2D eigenvalue weighted by atomic mass is 16.7. The molecule has 0 bridgehead atoms. The molecule has 1 amide bonds. The highest BCUT2D eigenvalue weighted by Gasteiger charge is 2.44. The van der Waals surface area contributed by atoms with E-state index in [1.165, 1.54) is 116 Å². The first-order valence-electron chi connectivity index (χ1n) is 22.2. The summed E-state index contributed by atoms with van der Waals surface area (Å²) in [4.78, 5) is 13.0. The molecule has 0 saturated carbocycles. The summed E-state index contributed by atoms with van der Waals surface area (Å²) in [5.41, 5.74) is 0. The second kappa shape index (κ2) is 34.8. The highest BCUT2D eigenvalue weighted by molar-refractivity contribution is 5.80. The van der Waals surface area contributed by atoms with Crippen molar-refractivity contribution < 1.29 is 44.9 Å². The number of carbonyl (C=O) groups is 1. The molecule has 10 nitrogen and oxygen atoms in total. The van der Waals surface area contributed by atoms with E-state index >= 15 is 0 Å². The minimum Gasteiger partial charge on any atom is -0.394 e. The topological polar surface area (TPSA) is 169 Å². The Morgan fingerprint density at radius 3 is 1.57 bits per heavy atom. The number of hydrogen-bond donors (Lipinski definition) is 7. The summed E-state index contributed by atoms with van der Waals surface area (Å²) in [5.74, 6) is -0.622. The van der Waals surface area contributed by atoms with Gasteiger partial charge in [-0.15, -0.1) is 0 Å². The fourth-order valence-electron chi connectivity index (χ4n) is 6.92. The van der Waals surface area contributed by atoms with Crippen LogP contribution in [0.4, 0.5) is 0 Å². The van der Waals surface area contributed by atoms with Gasteiger partial charge in [-0.05, 0) is 44.9 Å². The Kier molecular flexibility index (Phi) is 32.7. The molecule has 54 heavy (non-hydrogen) atoms. The van der Waals surface area contributed by atoms with Crippen LogP contribution >= 0.6 is 0 Å². The minimum absolute atomic E-state index is 0.303. The molecule has 1 heterocycles. The van der Waals surface area contributed by atoms with E-state index < -0.39 is 61.5 Å². The van der Waals surface area contributed by atoms with Gasteiger partial charge in [0.15, 0.2) is 6.29 Å². The molecule has 10 heteroatoms. The van der Waals surface area contributed by atoms with Crippen molar-refractivity contribution in [3.05, 3.63) is 24.3 Å². The van der Waals surface area contributed by atoms with Gasteiger partial charge in [-0.3, -0.25) is 4.79 Å².